The topological polar surface area (TPSA) is 82.7 Å². The fourth-order valence-corrected chi connectivity index (χ4v) is 3.98. The number of aromatic nitrogens is 3. The Labute approximate surface area is 180 Å². The first kappa shape index (κ1) is 19.1. The van der Waals surface area contributed by atoms with Crippen molar-refractivity contribution in [2.45, 2.75) is 25.8 Å². The highest BCUT2D eigenvalue weighted by Gasteiger charge is 2.27. The Hall–Kier alpha value is -3.93. The largest absolute Gasteiger partial charge is 0.366 e. The summed E-state index contributed by atoms with van der Waals surface area (Å²) in [5.74, 6) is 0.956. The summed E-state index contributed by atoms with van der Waals surface area (Å²) in [4.78, 5) is 24.9. The van der Waals surface area contributed by atoms with Crippen molar-refractivity contribution >= 4 is 23.0 Å². The summed E-state index contributed by atoms with van der Waals surface area (Å²) in [6.45, 7) is 0.638. The minimum absolute atomic E-state index is 0.186. The highest BCUT2D eigenvalue weighted by molar-refractivity contribution is 6.07. The molecule has 1 aliphatic rings. The van der Waals surface area contributed by atoms with E-state index in [0.29, 0.717) is 13.0 Å². The van der Waals surface area contributed by atoms with Gasteiger partial charge in [-0.25, -0.2) is 4.98 Å². The molecule has 0 bridgehead atoms. The Morgan fingerprint density at radius 3 is 2.74 bits per heavy atom. The van der Waals surface area contributed by atoms with Gasteiger partial charge in [0.2, 0.25) is 0 Å². The van der Waals surface area contributed by atoms with E-state index in [1.165, 1.54) is 0 Å². The van der Waals surface area contributed by atoms with E-state index in [4.69, 9.17) is 0 Å². The number of para-hydroxylation sites is 1. The number of H-pyrrole nitrogens is 1. The summed E-state index contributed by atoms with van der Waals surface area (Å²) < 4.78 is 0. The molecule has 3 heterocycles. The molecule has 3 N–H and O–H groups in total. The number of ketones is 1. The first-order chi connectivity index (χ1) is 15.3. The number of hydrogen-bond acceptors (Lipinski definition) is 5. The summed E-state index contributed by atoms with van der Waals surface area (Å²) in [6.07, 6.45) is 7.73. The molecule has 1 aliphatic carbocycles. The molecule has 0 radical (unpaired) electrons. The number of benzene rings is 1. The molecular weight excluding hydrogens is 386 g/mol. The van der Waals surface area contributed by atoms with Gasteiger partial charge >= 0.3 is 0 Å². The minimum Gasteiger partial charge on any atom is -0.366 e. The zero-order valence-corrected chi connectivity index (χ0v) is 17.1. The first-order valence-electron chi connectivity index (χ1n) is 10.5. The van der Waals surface area contributed by atoms with Gasteiger partial charge in [0.15, 0.2) is 5.78 Å². The number of rotatable bonds is 6. The number of fused-ring (bicyclic) bond motifs is 1. The van der Waals surface area contributed by atoms with Gasteiger partial charge in [0.05, 0.1) is 16.9 Å². The molecule has 3 aromatic heterocycles. The Morgan fingerprint density at radius 2 is 1.90 bits per heavy atom. The molecule has 1 aromatic carbocycles. The Morgan fingerprint density at radius 1 is 1.00 bits per heavy atom. The normalized spacial score (nSPS) is 13.0. The molecule has 0 spiro atoms. The maximum atomic E-state index is 12.8. The van der Waals surface area contributed by atoms with Crippen LogP contribution in [0.3, 0.4) is 0 Å². The zero-order valence-electron chi connectivity index (χ0n) is 17.1. The van der Waals surface area contributed by atoms with Crippen LogP contribution in [0, 0.1) is 0 Å². The van der Waals surface area contributed by atoms with Crippen molar-refractivity contribution in [2.75, 3.05) is 10.6 Å². The third-order valence-electron chi connectivity index (χ3n) is 5.48. The fraction of sp³-hybridized carbons (Fsp3) is 0.160. The third-order valence-corrected chi connectivity index (χ3v) is 5.48. The van der Waals surface area contributed by atoms with Gasteiger partial charge in [-0.2, -0.15) is 0 Å². The Balaban J connectivity index is 1.50. The van der Waals surface area contributed by atoms with Crippen molar-refractivity contribution < 1.29 is 4.79 Å². The molecule has 0 saturated heterocycles. The first-order valence-corrected chi connectivity index (χ1v) is 10.5. The highest BCUT2D eigenvalue weighted by atomic mass is 16.1. The van der Waals surface area contributed by atoms with Gasteiger partial charge in [-0.05, 0) is 48.7 Å². The lowest BCUT2D eigenvalue weighted by atomic mass is 9.95. The lowest BCUT2D eigenvalue weighted by Gasteiger charge is -2.14. The smallest absolute Gasteiger partial charge is 0.166 e. The van der Waals surface area contributed by atoms with Crippen LogP contribution in [0.2, 0.25) is 0 Å². The van der Waals surface area contributed by atoms with Gasteiger partial charge in [-0.3, -0.25) is 9.78 Å². The van der Waals surface area contributed by atoms with Crippen molar-refractivity contribution in [3.05, 3.63) is 90.0 Å². The highest BCUT2D eigenvalue weighted by Crippen LogP contribution is 2.39. The summed E-state index contributed by atoms with van der Waals surface area (Å²) in [6, 6.07) is 17.9. The SMILES string of the molecule is O=C1CCCc2[nH]c(-c3ccnc(NCc4cccnc4)c3)c(Nc3ccccc3)c21. The van der Waals surface area contributed by atoms with Gasteiger partial charge in [0, 0.05) is 48.5 Å². The van der Waals surface area contributed by atoms with Gasteiger partial charge in [0.25, 0.3) is 0 Å². The van der Waals surface area contributed by atoms with Gasteiger partial charge in [-0.15, -0.1) is 0 Å². The molecule has 0 fully saturated rings. The molecule has 31 heavy (non-hydrogen) atoms. The number of carbonyl (C=O) groups excluding carboxylic acids is 1. The number of Topliss-reactive ketones (excluding diaryl/α,β-unsaturated/α-hetero) is 1. The van der Waals surface area contributed by atoms with E-state index in [9.17, 15) is 4.79 Å². The predicted molar refractivity (Wildman–Crippen MR) is 123 cm³/mol. The third kappa shape index (κ3) is 4.05. The summed E-state index contributed by atoms with van der Waals surface area (Å²) in [5.41, 5.74) is 6.56. The van der Waals surface area contributed by atoms with Crippen molar-refractivity contribution in [1.82, 2.24) is 15.0 Å². The van der Waals surface area contributed by atoms with Crippen molar-refractivity contribution in [3.8, 4) is 11.3 Å². The van der Waals surface area contributed by atoms with E-state index in [1.807, 2.05) is 60.8 Å². The quantitative estimate of drug-likeness (QED) is 0.400. The Kier molecular flexibility index (Phi) is 5.19. The molecule has 0 amide bonds. The van der Waals surface area contributed by atoms with Crippen LogP contribution in [0.5, 0.6) is 0 Å². The van der Waals surface area contributed by atoms with Crippen molar-refractivity contribution in [1.29, 1.82) is 0 Å². The average Bonchev–Trinajstić information content (AvgIpc) is 3.19. The van der Waals surface area contributed by atoms with Crippen molar-refractivity contribution in [3.63, 3.8) is 0 Å². The van der Waals surface area contributed by atoms with Crippen molar-refractivity contribution in [2.24, 2.45) is 0 Å². The second-order valence-corrected chi connectivity index (χ2v) is 7.64. The molecular formula is C25H23N5O. The number of anilines is 3. The summed E-state index contributed by atoms with van der Waals surface area (Å²) >= 11 is 0. The molecule has 6 nitrogen and oxygen atoms in total. The number of pyridine rings is 2. The van der Waals surface area contributed by atoms with Crippen LogP contribution in [0.25, 0.3) is 11.3 Å². The monoisotopic (exact) mass is 409 g/mol. The number of nitrogens with zero attached hydrogens (tertiary/aromatic N) is 2. The molecule has 0 saturated carbocycles. The lowest BCUT2D eigenvalue weighted by Crippen LogP contribution is -2.10. The van der Waals surface area contributed by atoms with Crippen LogP contribution < -0.4 is 10.6 Å². The van der Waals surface area contributed by atoms with E-state index >= 15 is 0 Å². The van der Waals surface area contributed by atoms with Crippen LogP contribution in [0.15, 0.2) is 73.2 Å². The van der Waals surface area contributed by atoms with E-state index in [0.717, 1.165) is 58.1 Å². The standard InChI is InChI=1S/C25H23N5O/c31-21-10-4-9-20-23(21)25(29-19-7-2-1-3-8-19)24(30-20)18-11-13-27-22(14-18)28-16-17-6-5-12-26-15-17/h1-3,5-8,11-15,29-30H,4,9-10,16H2,(H,27,28). The number of carbonyl (C=O) groups is 1. The molecule has 0 atom stereocenters. The van der Waals surface area contributed by atoms with Crippen LogP contribution in [-0.4, -0.2) is 20.7 Å². The van der Waals surface area contributed by atoms with E-state index < -0.39 is 0 Å². The maximum absolute atomic E-state index is 12.8. The predicted octanol–water partition coefficient (Wildman–Crippen LogP) is 5.35. The van der Waals surface area contributed by atoms with E-state index in [2.05, 4.69) is 25.6 Å². The second kappa shape index (κ2) is 8.44. The van der Waals surface area contributed by atoms with Gasteiger partial charge < -0.3 is 15.6 Å². The molecule has 0 aliphatic heterocycles. The van der Waals surface area contributed by atoms with Gasteiger partial charge in [0.1, 0.15) is 5.82 Å². The van der Waals surface area contributed by atoms with Gasteiger partial charge in [-0.1, -0.05) is 24.3 Å². The number of aryl methyl sites for hydroxylation is 1. The molecule has 0 unspecified atom stereocenters. The molecule has 5 rings (SSSR count). The average molecular weight is 409 g/mol. The van der Waals surface area contributed by atoms with E-state index in [-0.39, 0.29) is 5.78 Å². The Bertz CT molecular complexity index is 1200. The number of aromatic amines is 1. The van der Waals surface area contributed by atoms with Crippen LogP contribution >= 0.6 is 0 Å². The molecule has 154 valence electrons. The van der Waals surface area contributed by atoms with Crippen LogP contribution in [0.1, 0.15) is 34.5 Å². The van der Waals surface area contributed by atoms with E-state index in [1.54, 1.807) is 12.4 Å². The lowest BCUT2D eigenvalue weighted by molar-refractivity contribution is 0.0973. The maximum Gasteiger partial charge on any atom is 0.166 e. The molecule has 4 aromatic rings. The summed E-state index contributed by atoms with van der Waals surface area (Å²) in [5, 5.41) is 6.84. The van der Waals surface area contributed by atoms with Crippen LogP contribution in [0.4, 0.5) is 17.2 Å². The number of nitrogens with one attached hydrogen (secondary N) is 3. The summed E-state index contributed by atoms with van der Waals surface area (Å²) in [7, 11) is 0. The fourth-order valence-electron chi connectivity index (χ4n) is 3.98. The second-order valence-electron chi connectivity index (χ2n) is 7.64. The molecule has 6 heteroatoms. The minimum atomic E-state index is 0.186. The van der Waals surface area contributed by atoms with Crippen LogP contribution in [-0.2, 0) is 13.0 Å². The zero-order chi connectivity index (χ0) is 21.0. The number of hydrogen-bond donors (Lipinski definition) is 3.